The third-order valence-corrected chi connectivity index (χ3v) is 9.91. The van der Waals surface area contributed by atoms with Crippen molar-refractivity contribution in [2.24, 2.45) is 9.98 Å². The van der Waals surface area contributed by atoms with Gasteiger partial charge in [0.05, 0.1) is 13.1 Å². The van der Waals surface area contributed by atoms with Gasteiger partial charge in [-0.1, -0.05) is 158 Å². The number of halogens is 2. The molecule has 2 heterocycles. The topological polar surface area (TPSA) is 31.2 Å². The van der Waals surface area contributed by atoms with Crippen molar-refractivity contribution in [3.63, 3.8) is 0 Å². The van der Waals surface area contributed by atoms with Gasteiger partial charge in [0.25, 0.3) is 0 Å². The number of hydrogen-bond donors (Lipinski definition) is 0. The van der Waals surface area contributed by atoms with Crippen LogP contribution in [0.5, 0.6) is 0 Å². The van der Waals surface area contributed by atoms with Gasteiger partial charge in [-0.2, -0.15) is 0 Å². The molecule has 2 aliphatic rings. The Hall–Kier alpha value is -5.88. The molecule has 0 radical (unpaired) electrons. The summed E-state index contributed by atoms with van der Waals surface area (Å²) in [7, 11) is 0. The van der Waals surface area contributed by atoms with Crippen LogP contribution in [-0.2, 0) is 11.3 Å². The first-order chi connectivity index (χ1) is 25.3. The summed E-state index contributed by atoms with van der Waals surface area (Å²) in [4.78, 5) is 13.9. The van der Waals surface area contributed by atoms with E-state index in [4.69, 9.17) is 9.98 Å². The molecule has 8 rings (SSSR count). The zero-order chi connectivity index (χ0) is 36.0. The van der Waals surface area contributed by atoms with E-state index in [-0.39, 0.29) is 0 Å². The largest absolute Gasteiger partial charge is 0.324 e. The van der Waals surface area contributed by atoms with Gasteiger partial charge in [-0.15, -0.1) is 0 Å². The summed E-state index contributed by atoms with van der Waals surface area (Å²) in [5.41, 5.74) is 2.32. The molecular formula is C46H42F2N4. The quantitative estimate of drug-likeness (QED) is 0.159. The first-order valence-electron chi connectivity index (χ1n) is 17.7. The maximum absolute atomic E-state index is 15.8. The summed E-state index contributed by atoms with van der Waals surface area (Å²) in [5.74, 6) is 1.64. The maximum Gasteiger partial charge on any atom is 0.157 e. The molecule has 0 fully saturated rings. The molecule has 6 aromatic rings. The minimum Gasteiger partial charge on any atom is -0.324 e. The predicted molar refractivity (Wildman–Crippen MR) is 211 cm³/mol. The van der Waals surface area contributed by atoms with Crippen LogP contribution in [0.25, 0.3) is 0 Å². The lowest BCUT2D eigenvalue weighted by atomic mass is 9.90. The van der Waals surface area contributed by atoms with Crippen LogP contribution < -0.4 is 9.80 Å². The van der Waals surface area contributed by atoms with Crippen molar-refractivity contribution >= 4 is 23.0 Å². The van der Waals surface area contributed by atoms with Gasteiger partial charge < -0.3 is 9.80 Å². The first-order valence-corrected chi connectivity index (χ1v) is 17.7. The highest BCUT2D eigenvalue weighted by atomic mass is 19.1. The number of rotatable bonds is 8. The normalized spacial score (nSPS) is 19.1. The molecule has 0 aliphatic carbocycles. The van der Waals surface area contributed by atoms with Crippen LogP contribution >= 0.6 is 0 Å². The molecule has 6 heteroatoms. The van der Waals surface area contributed by atoms with Crippen LogP contribution in [0, 0.1) is 0 Å². The molecule has 0 amide bonds. The van der Waals surface area contributed by atoms with Crippen molar-refractivity contribution in [3.8, 4) is 0 Å². The van der Waals surface area contributed by atoms with E-state index in [2.05, 4.69) is 9.80 Å². The first kappa shape index (κ1) is 34.6. The second-order valence-corrected chi connectivity index (χ2v) is 13.4. The summed E-state index contributed by atoms with van der Waals surface area (Å²) in [6, 6.07) is 57.8. The number of amidine groups is 2. The number of nitrogens with zero attached hydrogens (tertiary/aromatic N) is 4. The van der Waals surface area contributed by atoms with Gasteiger partial charge in [0.2, 0.25) is 0 Å². The van der Waals surface area contributed by atoms with Crippen LogP contribution in [0.2, 0.25) is 0 Å². The highest BCUT2D eigenvalue weighted by molar-refractivity contribution is 6.12. The average molecular weight is 689 g/mol. The van der Waals surface area contributed by atoms with E-state index in [1.807, 2.05) is 182 Å². The highest BCUT2D eigenvalue weighted by Gasteiger charge is 2.43. The molecular weight excluding hydrogens is 647 g/mol. The molecule has 0 bridgehead atoms. The van der Waals surface area contributed by atoms with Gasteiger partial charge in [-0.25, -0.2) is 8.78 Å². The van der Waals surface area contributed by atoms with Crippen LogP contribution in [0.3, 0.4) is 0 Å². The monoisotopic (exact) mass is 688 g/mol. The van der Waals surface area contributed by atoms with Gasteiger partial charge in [0.1, 0.15) is 23.8 Å². The lowest BCUT2D eigenvalue weighted by Crippen LogP contribution is -2.37. The molecule has 0 N–H and O–H groups in total. The SMILES string of the molecule is C[C@](F)(c1ccccc1)[C@H]1CN(c2ccccc2)C(c2ccccc2)=N1.C[C@](F)(c1ccccc1)[C@H]1CN(c2ccccc2)C(c2ccccc2)=N1. The molecule has 0 aromatic heterocycles. The van der Waals surface area contributed by atoms with E-state index in [1.54, 1.807) is 13.8 Å². The Bertz CT molecular complexity index is 1930. The summed E-state index contributed by atoms with van der Waals surface area (Å²) < 4.78 is 31.5. The van der Waals surface area contributed by atoms with E-state index >= 15 is 8.78 Å². The average Bonchev–Trinajstić information content (AvgIpc) is 3.88. The summed E-state index contributed by atoms with van der Waals surface area (Å²) in [6.07, 6.45) is 0. The minimum atomic E-state index is -1.54. The Morgan fingerprint density at radius 3 is 1.00 bits per heavy atom. The third kappa shape index (κ3) is 7.28. The molecule has 260 valence electrons. The summed E-state index contributed by atoms with van der Waals surface area (Å²) in [6.45, 7) is 4.29. The van der Waals surface area contributed by atoms with Crippen LogP contribution in [0.4, 0.5) is 20.2 Å². The third-order valence-electron chi connectivity index (χ3n) is 9.91. The van der Waals surface area contributed by atoms with Crippen molar-refractivity contribution in [2.45, 2.75) is 37.3 Å². The van der Waals surface area contributed by atoms with E-state index < -0.39 is 23.4 Å². The second kappa shape index (κ2) is 15.2. The molecule has 2 aliphatic heterocycles. The Morgan fingerprint density at radius 2 is 0.692 bits per heavy atom. The fourth-order valence-electron chi connectivity index (χ4n) is 6.84. The number of anilines is 2. The molecule has 0 spiro atoms. The number of alkyl halides is 2. The van der Waals surface area contributed by atoms with E-state index in [0.29, 0.717) is 24.2 Å². The lowest BCUT2D eigenvalue weighted by Gasteiger charge is -2.27. The second-order valence-electron chi connectivity index (χ2n) is 13.4. The van der Waals surface area contributed by atoms with Gasteiger partial charge in [0, 0.05) is 22.5 Å². The number of para-hydroxylation sites is 2. The molecule has 0 saturated heterocycles. The smallest absolute Gasteiger partial charge is 0.157 e. The number of aliphatic imine (C=N–C) groups is 2. The zero-order valence-corrected chi connectivity index (χ0v) is 29.4. The van der Waals surface area contributed by atoms with Crippen LogP contribution in [0.1, 0.15) is 36.1 Å². The van der Waals surface area contributed by atoms with Crippen LogP contribution in [-0.4, -0.2) is 36.8 Å². The number of benzene rings is 6. The molecule has 0 unspecified atom stereocenters. The molecule has 6 aromatic carbocycles. The number of hydrogen-bond acceptors (Lipinski definition) is 4. The Morgan fingerprint density at radius 1 is 0.423 bits per heavy atom. The molecule has 52 heavy (non-hydrogen) atoms. The van der Waals surface area contributed by atoms with Gasteiger partial charge in [-0.3, -0.25) is 9.98 Å². The van der Waals surface area contributed by atoms with Gasteiger partial charge >= 0.3 is 0 Å². The summed E-state index contributed by atoms with van der Waals surface area (Å²) >= 11 is 0. The Balaban J connectivity index is 0.000000162. The maximum atomic E-state index is 15.8. The van der Waals surface area contributed by atoms with Crippen molar-refractivity contribution < 1.29 is 8.78 Å². The van der Waals surface area contributed by atoms with Crippen molar-refractivity contribution in [1.29, 1.82) is 0 Å². The van der Waals surface area contributed by atoms with E-state index in [0.717, 1.165) is 34.2 Å². The zero-order valence-electron chi connectivity index (χ0n) is 29.4. The van der Waals surface area contributed by atoms with Crippen molar-refractivity contribution in [2.75, 3.05) is 22.9 Å². The van der Waals surface area contributed by atoms with Gasteiger partial charge in [0.15, 0.2) is 11.3 Å². The fourth-order valence-corrected chi connectivity index (χ4v) is 6.84. The molecule has 4 atom stereocenters. The predicted octanol–water partition coefficient (Wildman–Crippen LogP) is 10.4. The van der Waals surface area contributed by atoms with Crippen molar-refractivity contribution in [3.05, 3.63) is 204 Å². The summed E-state index contributed by atoms with van der Waals surface area (Å²) in [5, 5.41) is 0. The Kier molecular flexibility index (Phi) is 10.1. The molecule has 0 saturated carbocycles. The van der Waals surface area contributed by atoms with E-state index in [9.17, 15) is 0 Å². The van der Waals surface area contributed by atoms with Crippen LogP contribution in [0.15, 0.2) is 192 Å². The lowest BCUT2D eigenvalue weighted by molar-refractivity contribution is 0.157. The van der Waals surface area contributed by atoms with Crippen molar-refractivity contribution in [1.82, 2.24) is 0 Å². The Labute approximate surface area is 305 Å². The fraction of sp³-hybridized carbons (Fsp3) is 0.174. The van der Waals surface area contributed by atoms with Gasteiger partial charge in [-0.05, 0) is 49.2 Å². The van der Waals surface area contributed by atoms with E-state index in [1.165, 1.54) is 0 Å². The minimum absolute atomic E-state index is 0.472. The molecule has 4 nitrogen and oxygen atoms in total. The highest BCUT2D eigenvalue weighted by Crippen LogP contribution is 2.38. The standard InChI is InChI=1S/2C23H21FN2/c2*1-23(24,19-13-7-3-8-14-19)21-17-26(20-15-9-4-10-16-20)22(25-21)18-11-5-2-6-12-18/h2*2-16,21H,17H2,1H3/t2*21-,23+/m11/s1.